The molecule has 2 aromatic heterocycles. The Bertz CT molecular complexity index is 2290. The number of para-hydroxylation sites is 1. The summed E-state index contributed by atoms with van der Waals surface area (Å²) in [4.78, 5) is 4.07. The Hall–Kier alpha value is -4.31. The Morgan fingerprint density at radius 1 is 0.892 bits per heavy atom. The number of unbranched alkanes of at least 4 members (excludes halogenated alkanes) is 15. The van der Waals surface area contributed by atoms with Crippen molar-refractivity contribution in [2.45, 2.75) is 166 Å². The topological polar surface area (TPSA) is 185 Å². The number of phosphoric ester groups is 1. The van der Waals surface area contributed by atoms with E-state index < -0.39 is 56.1 Å². The molecule has 2 saturated heterocycles. The molecule has 0 bridgehead atoms. The number of ether oxygens (including phenoxy) is 4. The molecule has 2 aliphatic heterocycles. The fourth-order valence-electron chi connectivity index (χ4n) is 8.41. The van der Waals surface area contributed by atoms with E-state index in [1.165, 1.54) is 102 Å². The van der Waals surface area contributed by atoms with Crippen LogP contribution in [0, 0.1) is 28.5 Å². The molecular weight excluding hydrogens is 874 g/mol. The fourth-order valence-corrected chi connectivity index (χ4v) is 9.92. The van der Waals surface area contributed by atoms with E-state index in [4.69, 9.17) is 49.9 Å². The number of halogens is 2. The smallest absolute Gasteiger partial charge is 0.488 e. The van der Waals surface area contributed by atoms with Crippen LogP contribution in [0.5, 0.6) is 11.5 Å². The molecule has 0 saturated carbocycles. The SMILES string of the molecule is CCCCCCCCCCCCCCCCCC[C@H](COP(=O)(OC[C@@]1(C#N)O[C@@H](c2ccc3c(N)ncnn23)[C@@H]2OC(C)(C)O[C@@H]21)Oc1ccccc1Cl)Oc1ccc(C#N)c(F)c1. The molecule has 0 radical (unpaired) electrons. The lowest BCUT2D eigenvalue weighted by molar-refractivity contribution is -0.204. The number of nitrogen functional groups attached to an aromatic ring is 1. The normalized spacial score (nSPS) is 21.4. The Labute approximate surface area is 387 Å². The number of nitriles is 2. The summed E-state index contributed by atoms with van der Waals surface area (Å²) in [5.41, 5.74) is 5.15. The van der Waals surface area contributed by atoms with Crippen LogP contribution in [0.15, 0.2) is 60.9 Å². The molecule has 1 unspecified atom stereocenters. The number of phosphoric acid groups is 1. The molecule has 0 spiro atoms. The molecule has 2 N–H and O–H groups in total. The van der Waals surface area contributed by atoms with Crippen molar-refractivity contribution in [3.8, 4) is 23.6 Å². The Balaban J connectivity index is 1.11. The van der Waals surface area contributed by atoms with Crippen LogP contribution < -0.4 is 15.0 Å². The molecule has 0 aliphatic carbocycles. The van der Waals surface area contributed by atoms with Crippen LogP contribution in [0.25, 0.3) is 5.52 Å². The second-order valence-electron chi connectivity index (χ2n) is 17.4. The van der Waals surface area contributed by atoms with Crippen molar-refractivity contribution in [1.82, 2.24) is 14.6 Å². The highest BCUT2D eigenvalue weighted by Crippen LogP contribution is 2.55. The molecule has 6 atom stereocenters. The number of nitrogens with zero attached hydrogens (tertiary/aromatic N) is 5. The average molecular weight is 937 g/mol. The van der Waals surface area contributed by atoms with Gasteiger partial charge >= 0.3 is 7.82 Å². The second kappa shape index (κ2) is 23.9. The van der Waals surface area contributed by atoms with Gasteiger partial charge in [0.25, 0.3) is 0 Å². The van der Waals surface area contributed by atoms with Gasteiger partial charge in [0.1, 0.15) is 72.3 Å². The number of fused-ring (bicyclic) bond motifs is 2. The van der Waals surface area contributed by atoms with Crippen LogP contribution in [-0.4, -0.2) is 57.5 Å². The van der Waals surface area contributed by atoms with Crippen molar-refractivity contribution < 1.29 is 41.5 Å². The largest absolute Gasteiger partial charge is 0.530 e. The van der Waals surface area contributed by atoms with E-state index in [-0.39, 0.29) is 34.5 Å². The molecule has 4 heterocycles. The number of hydrogen-bond acceptors (Lipinski definition) is 13. The highest BCUT2D eigenvalue weighted by atomic mass is 35.5. The van der Waals surface area contributed by atoms with Gasteiger partial charge in [-0.2, -0.15) is 15.6 Å². The molecule has 6 rings (SSSR count). The maximum absolute atomic E-state index is 14.9. The predicted molar refractivity (Wildman–Crippen MR) is 245 cm³/mol. The van der Waals surface area contributed by atoms with Gasteiger partial charge in [0.2, 0.25) is 5.60 Å². The predicted octanol–water partition coefficient (Wildman–Crippen LogP) is 12.1. The molecule has 4 aromatic rings. The van der Waals surface area contributed by atoms with E-state index in [1.807, 2.05) is 6.07 Å². The standard InChI is InChI=1S/C48H63ClFN6O8P/c1-4-5-6-7-8-9-10-11-12-13-14-15-16-17-18-19-22-37(60-36-26-25-35(30-51)39(50)29-36)31-58-65(57,64-42-24-21-20-23-38(42)49)59-33-48(32-52)45-44(61-47(2,3)63-45)43(62-48)40-27-28-41-46(53)54-34-55-56(40)41/h20-21,23-29,34,37,43-45H,4-19,22,31,33H2,1-3H3,(H2,53,54,55)/t37-,43+,44+,45+,48-,65?/m1/s1. The number of rotatable bonds is 28. The van der Waals surface area contributed by atoms with Crippen LogP contribution in [0.3, 0.4) is 0 Å². The fraction of sp³-hybridized carbons (Fsp3) is 0.583. The maximum atomic E-state index is 14.9. The summed E-state index contributed by atoms with van der Waals surface area (Å²) in [6.07, 6.45) is 17.8. The number of anilines is 1. The monoisotopic (exact) mass is 936 g/mol. The van der Waals surface area contributed by atoms with Gasteiger partial charge in [0.05, 0.1) is 22.9 Å². The minimum atomic E-state index is -4.68. The maximum Gasteiger partial charge on any atom is 0.530 e. The summed E-state index contributed by atoms with van der Waals surface area (Å²) in [6.45, 7) is 4.72. The van der Waals surface area contributed by atoms with E-state index in [0.29, 0.717) is 17.6 Å². The zero-order valence-corrected chi connectivity index (χ0v) is 39.5. The van der Waals surface area contributed by atoms with E-state index in [9.17, 15) is 19.5 Å². The molecule has 352 valence electrons. The Kier molecular flexibility index (Phi) is 18.4. The average Bonchev–Trinajstić information content (AvgIpc) is 3.95. The van der Waals surface area contributed by atoms with E-state index in [1.54, 1.807) is 48.7 Å². The van der Waals surface area contributed by atoms with Gasteiger partial charge in [-0.1, -0.05) is 127 Å². The zero-order valence-electron chi connectivity index (χ0n) is 37.8. The summed E-state index contributed by atoms with van der Waals surface area (Å²) in [7, 11) is -4.68. The molecule has 0 amide bonds. The zero-order chi connectivity index (χ0) is 46.3. The van der Waals surface area contributed by atoms with Crippen molar-refractivity contribution in [2.24, 2.45) is 0 Å². The minimum Gasteiger partial charge on any atom is -0.488 e. The number of hydrogen-bond donors (Lipinski definition) is 1. The van der Waals surface area contributed by atoms with E-state index in [2.05, 4.69) is 23.1 Å². The quantitative estimate of drug-likeness (QED) is 0.0419. The van der Waals surface area contributed by atoms with Gasteiger partial charge in [0.15, 0.2) is 11.6 Å². The highest BCUT2D eigenvalue weighted by Gasteiger charge is 2.65. The molecule has 2 aromatic carbocycles. The first-order valence-corrected chi connectivity index (χ1v) is 25.0. The summed E-state index contributed by atoms with van der Waals surface area (Å²) < 4.78 is 74.5. The van der Waals surface area contributed by atoms with Crippen LogP contribution in [0.1, 0.15) is 147 Å². The Morgan fingerprint density at radius 3 is 2.18 bits per heavy atom. The van der Waals surface area contributed by atoms with Gasteiger partial charge in [-0.05, 0) is 63.1 Å². The third kappa shape index (κ3) is 13.6. The number of aromatic nitrogens is 3. The molecule has 17 heteroatoms. The van der Waals surface area contributed by atoms with E-state index >= 15 is 0 Å². The minimum absolute atomic E-state index is 0.00884. The van der Waals surface area contributed by atoms with Crippen LogP contribution in [0.2, 0.25) is 5.02 Å². The van der Waals surface area contributed by atoms with Crippen molar-refractivity contribution in [2.75, 3.05) is 18.9 Å². The number of benzene rings is 2. The van der Waals surface area contributed by atoms with Crippen molar-refractivity contribution in [3.05, 3.63) is 83.0 Å². The van der Waals surface area contributed by atoms with Gasteiger partial charge in [-0.3, -0.25) is 9.05 Å². The first kappa shape index (κ1) is 50.1. The number of nitrogens with two attached hydrogens (primary N) is 1. The molecule has 14 nitrogen and oxygen atoms in total. The lowest BCUT2D eigenvalue weighted by atomic mass is 9.96. The van der Waals surface area contributed by atoms with Crippen molar-refractivity contribution >= 4 is 30.8 Å². The van der Waals surface area contributed by atoms with Gasteiger partial charge in [-0.15, -0.1) is 0 Å². The first-order valence-electron chi connectivity index (χ1n) is 23.1. The molecule has 65 heavy (non-hydrogen) atoms. The molecular formula is C48H63ClFN6O8P. The molecule has 2 fully saturated rings. The van der Waals surface area contributed by atoms with E-state index in [0.717, 1.165) is 31.7 Å². The third-order valence-electron chi connectivity index (χ3n) is 11.9. The van der Waals surface area contributed by atoms with Crippen molar-refractivity contribution in [1.29, 1.82) is 10.5 Å². The highest BCUT2D eigenvalue weighted by molar-refractivity contribution is 7.49. The Morgan fingerprint density at radius 2 is 1.55 bits per heavy atom. The van der Waals surface area contributed by atoms with Crippen LogP contribution in [0.4, 0.5) is 10.2 Å². The van der Waals surface area contributed by atoms with Gasteiger partial charge in [0, 0.05) is 6.07 Å². The van der Waals surface area contributed by atoms with Gasteiger partial charge < -0.3 is 29.2 Å². The van der Waals surface area contributed by atoms with Crippen LogP contribution >= 0.6 is 19.4 Å². The lowest BCUT2D eigenvalue weighted by Crippen LogP contribution is -2.46. The van der Waals surface area contributed by atoms with Gasteiger partial charge in [-0.25, -0.2) is 18.5 Å². The summed E-state index contributed by atoms with van der Waals surface area (Å²) in [5, 5.41) is 24.6. The second-order valence-corrected chi connectivity index (χ2v) is 19.4. The summed E-state index contributed by atoms with van der Waals surface area (Å²) in [5.74, 6) is -1.44. The summed E-state index contributed by atoms with van der Waals surface area (Å²) in [6, 6.07) is 17.9. The van der Waals surface area contributed by atoms with Crippen LogP contribution in [-0.2, 0) is 27.8 Å². The summed E-state index contributed by atoms with van der Waals surface area (Å²) >= 11 is 6.47. The van der Waals surface area contributed by atoms with Crippen molar-refractivity contribution in [3.63, 3.8) is 0 Å². The molecule has 2 aliphatic rings. The third-order valence-corrected chi connectivity index (χ3v) is 13.5. The lowest BCUT2D eigenvalue weighted by Gasteiger charge is -2.30. The first-order chi connectivity index (χ1) is 31.4.